The second-order valence-electron chi connectivity index (χ2n) is 2.00. The summed E-state index contributed by atoms with van der Waals surface area (Å²) in [5, 5.41) is 8.20. The van der Waals surface area contributed by atoms with Gasteiger partial charge in [-0.2, -0.15) is 0 Å². The highest BCUT2D eigenvalue weighted by atomic mass is 16.4. The summed E-state index contributed by atoms with van der Waals surface area (Å²) in [7, 11) is 0. The van der Waals surface area contributed by atoms with Crippen molar-refractivity contribution >= 4 is 5.97 Å². The molecule has 0 spiro atoms. The highest BCUT2D eigenvalue weighted by Gasteiger charge is 2.54. The highest BCUT2D eigenvalue weighted by Crippen LogP contribution is 2.61. The average Bonchev–Trinajstić information content (AvgIpc) is 2.02. The van der Waals surface area contributed by atoms with Gasteiger partial charge >= 0.3 is 5.97 Å². The van der Waals surface area contributed by atoms with Gasteiger partial charge in [-0.05, 0) is 6.42 Å². The third-order valence-electron chi connectivity index (χ3n) is 1.53. The Bertz CT molecular complexity index is 176. The number of hydrogen-bond acceptors (Lipinski definition) is 1. The lowest BCUT2D eigenvalue weighted by atomic mass is 10.3. The lowest BCUT2D eigenvalue weighted by Crippen LogP contribution is -1.93. The van der Waals surface area contributed by atoms with Crippen molar-refractivity contribution in [1.82, 2.24) is 0 Å². The zero-order chi connectivity index (χ0) is 5.02. The fraction of sp³-hybridized carbons (Fsp3) is 0.400. The van der Waals surface area contributed by atoms with Gasteiger partial charge in [0.1, 0.15) is 0 Å². The molecule has 1 saturated carbocycles. The van der Waals surface area contributed by atoms with Crippen molar-refractivity contribution in [2.45, 2.75) is 6.42 Å². The summed E-state index contributed by atoms with van der Waals surface area (Å²) in [6, 6.07) is 0. The summed E-state index contributed by atoms with van der Waals surface area (Å²) >= 11 is 0. The van der Waals surface area contributed by atoms with Crippen LogP contribution < -0.4 is 0 Å². The molecule has 0 heterocycles. The fourth-order valence-corrected chi connectivity index (χ4v) is 0.849. The molecule has 2 nitrogen and oxygen atoms in total. The smallest absolute Gasteiger partial charge is 0.332 e. The Morgan fingerprint density at radius 2 is 2.43 bits per heavy atom. The summed E-state index contributed by atoms with van der Waals surface area (Å²) in [4.78, 5) is 9.94. The van der Waals surface area contributed by atoms with Crippen molar-refractivity contribution < 1.29 is 9.90 Å². The van der Waals surface area contributed by atoms with E-state index in [2.05, 4.69) is 0 Å². The average molecular weight is 96.1 g/mol. The molecule has 0 aromatic carbocycles. The van der Waals surface area contributed by atoms with E-state index >= 15 is 0 Å². The van der Waals surface area contributed by atoms with Crippen molar-refractivity contribution in [2.24, 2.45) is 5.92 Å². The molecule has 1 fully saturated rings. The van der Waals surface area contributed by atoms with Crippen molar-refractivity contribution in [3.8, 4) is 0 Å². The molecule has 7 heavy (non-hydrogen) atoms. The number of rotatable bonds is 1. The first-order valence-corrected chi connectivity index (χ1v) is 2.27. The predicted molar refractivity (Wildman–Crippen MR) is 22.8 cm³/mol. The molecule has 0 aromatic heterocycles. The van der Waals surface area contributed by atoms with Crippen LogP contribution in [-0.2, 0) is 4.79 Å². The molecule has 0 amide bonds. The molecule has 1 atom stereocenters. The standard InChI is InChI=1S/C5H4O2/c6-5(7)4-2-1-3(2)4/h2H,1H2,(H,6,7). The zero-order valence-corrected chi connectivity index (χ0v) is 3.64. The molecular weight excluding hydrogens is 92.1 g/mol. The molecule has 0 aliphatic heterocycles. The van der Waals surface area contributed by atoms with E-state index in [1.165, 1.54) is 5.57 Å². The minimum atomic E-state index is -0.703. The largest absolute Gasteiger partial charge is 0.478 e. The van der Waals surface area contributed by atoms with Gasteiger partial charge in [-0.3, -0.25) is 0 Å². The van der Waals surface area contributed by atoms with Gasteiger partial charge in [0.15, 0.2) is 0 Å². The SMILES string of the molecule is O=C(O)C1=C2CC21. The van der Waals surface area contributed by atoms with E-state index in [0.717, 1.165) is 6.42 Å². The first kappa shape index (κ1) is 3.24. The van der Waals surface area contributed by atoms with Crippen molar-refractivity contribution in [3.05, 3.63) is 11.1 Å². The molecule has 2 aliphatic carbocycles. The number of carboxylic acid groups (broad SMARTS) is 1. The molecule has 0 saturated heterocycles. The Morgan fingerprint density at radius 3 is 2.43 bits per heavy atom. The van der Waals surface area contributed by atoms with Crippen molar-refractivity contribution in [3.63, 3.8) is 0 Å². The summed E-state index contributed by atoms with van der Waals surface area (Å²) in [6.07, 6.45) is 1.07. The van der Waals surface area contributed by atoms with E-state index in [9.17, 15) is 4.79 Å². The highest BCUT2D eigenvalue weighted by molar-refractivity contribution is 5.98. The van der Waals surface area contributed by atoms with Crippen LogP contribution in [0.3, 0.4) is 0 Å². The first-order valence-electron chi connectivity index (χ1n) is 2.27. The molecule has 2 heteroatoms. The van der Waals surface area contributed by atoms with Crippen LogP contribution in [0.4, 0.5) is 0 Å². The van der Waals surface area contributed by atoms with Crippen LogP contribution >= 0.6 is 0 Å². The molecule has 0 aromatic rings. The number of carboxylic acids is 1. The minimum Gasteiger partial charge on any atom is -0.478 e. The van der Waals surface area contributed by atoms with Crippen LogP contribution in [0.25, 0.3) is 0 Å². The summed E-state index contributed by atoms with van der Waals surface area (Å²) in [5.41, 5.74) is 1.88. The van der Waals surface area contributed by atoms with E-state index in [1.54, 1.807) is 0 Å². The molecule has 2 aliphatic rings. The summed E-state index contributed by atoms with van der Waals surface area (Å²) < 4.78 is 0. The van der Waals surface area contributed by atoms with Crippen LogP contribution in [0.15, 0.2) is 11.1 Å². The third-order valence-corrected chi connectivity index (χ3v) is 1.53. The minimum absolute atomic E-state index is 0.442. The van der Waals surface area contributed by atoms with E-state index in [1.807, 2.05) is 0 Å². The quantitative estimate of drug-likeness (QED) is 0.513. The maximum atomic E-state index is 9.94. The number of carbonyl (C=O) groups is 1. The Morgan fingerprint density at radius 1 is 1.86 bits per heavy atom. The molecule has 1 unspecified atom stereocenters. The number of aliphatic carboxylic acids is 1. The fourth-order valence-electron chi connectivity index (χ4n) is 0.849. The van der Waals surface area contributed by atoms with Gasteiger partial charge in [-0.1, -0.05) is 5.57 Å². The van der Waals surface area contributed by atoms with Gasteiger partial charge in [0.2, 0.25) is 0 Å². The first-order chi connectivity index (χ1) is 3.30. The topological polar surface area (TPSA) is 37.3 Å². The van der Waals surface area contributed by atoms with Crippen LogP contribution in [0.2, 0.25) is 0 Å². The van der Waals surface area contributed by atoms with E-state index in [4.69, 9.17) is 5.11 Å². The summed E-state index contributed by atoms with van der Waals surface area (Å²) in [5.74, 6) is -0.260. The van der Waals surface area contributed by atoms with Crippen LogP contribution in [0, 0.1) is 5.92 Å². The zero-order valence-electron chi connectivity index (χ0n) is 3.64. The van der Waals surface area contributed by atoms with Gasteiger partial charge in [-0.15, -0.1) is 0 Å². The van der Waals surface area contributed by atoms with E-state index in [0.29, 0.717) is 11.5 Å². The molecule has 0 radical (unpaired) electrons. The van der Waals surface area contributed by atoms with Gasteiger partial charge < -0.3 is 5.11 Å². The predicted octanol–water partition coefficient (Wildman–Crippen LogP) is 0.401. The second kappa shape index (κ2) is 0.619. The Labute approximate surface area is 40.5 Å². The monoisotopic (exact) mass is 96.0 g/mol. The second-order valence-corrected chi connectivity index (χ2v) is 2.00. The van der Waals surface area contributed by atoms with Gasteiger partial charge in [0.25, 0.3) is 0 Å². The maximum Gasteiger partial charge on any atom is 0.332 e. The summed E-state index contributed by atoms with van der Waals surface area (Å²) in [6.45, 7) is 0. The van der Waals surface area contributed by atoms with Crippen LogP contribution in [0.1, 0.15) is 6.42 Å². The van der Waals surface area contributed by atoms with E-state index in [-0.39, 0.29) is 0 Å². The third kappa shape index (κ3) is 0.232. The molecule has 1 N–H and O–H groups in total. The Balaban J connectivity index is 2.27. The number of allylic oxidation sites excluding steroid dienone is 1. The molecule has 0 bridgehead atoms. The molecule has 36 valence electrons. The van der Waals surface area contributed by atoms with E-state index < -0.39 is 5.97 Å². The van der Waals surface area contributed by atoms with Crippen LogP contribution in [-0.4, -0.2) is 11.1 Å². The van der Waals surface area contributed by atoms with Gasteiger partial charge in [0.05, 0.1) is 0 Å². The van der Waals surface area contributed by atoms with Crippen molar-refractivity contribution in [1.29, 1.82) is 0 Å². The van der Waals surface area contributed by atoms with Crippen LogP contribution in [0.5, 0.6) is 0 Å². The lowest BCUT2D eigenvalue weighted by Gasteiger charge is -1.81. The Hall–Kier alpha value is -0.790. The molecule has 2 rings (SSSR count). The van der Waals surface area contributed by atoms with Gasteiger partial charge in [-0.25, -0.2) is 4.79 Å². The molecular formula is C5H4O2. The maximum absolute atomic E-state index is 9.94. The number of fused-ring (bicyclic) bond motifs is 1. The normalized spacial score (nSPS) is 32.3. The number of hydrogen-bond donors (Lipinski definition) is 1. The van der Waals surface area contributed by atoms with Crippen molar-refractivity contribution in [2.75, 3.05) is 0 Å². The lowest BCUT2D eigenvalue weighted by molar-refractivity contribution is -0.132. The van der Waals surface area contributed by atoms with Gasteiger partial charge in [0, 0.05) is 11.5 Å². The Kier molecular flexibility index (Phi) is 0.287.